The number of carbonyl (C=O) groups is 1. The van der Waals surface area contributed by atoms with Crippen molar-refractivity contribution in [2.75, 3.05) is 6.61 Å². The minimum atomic E-state index is -1.13. The minimum Gasteiger partial charge on any atom is -0.490 e. The summed E-state index contributed by atoms with van der Waals surface area (Å²) in [5.74, 6) is -0.910. The average Bonchev–Trinajstić information content (AvgIpc) is 2.20. The van der Waals surface area contributed by atoms with Gasteiger partial charge in [-0.3, -0.25) is 4.79 Å². The number of benzene rings is 1. The number of halogens is 1. The van der Waals surface area contributed by atoms with E-state index in [1.165, 1.54) is 19.1 Å². The van der Waals surface area contributed by atoms with Crippen LogP contribution in [0.5, 0.6) is 5.75 Å². The highest BCUT2D eigenvalue weighted by atomic mass is 19.1. The van der Waals surface area contributed by atoms with Crippen LogP contribution in [-0.2, 0) is 4.79 Å². The van der Waals surface area contributed by atoms with Gasteiger partial charge in [-0.15, -0.1) is 0 Å². The molecule has 0 heterocycles. The molecule has 0 aliphatic carbocycles. The van der Waals surface area contributed by atoms with Gasteiger partial charge >= 0.3 is 0 Å². The van der Waals surface area contributed by atoms with Gasteiger partial charge in [0.15, 0.2) is 11.6 Å². The monoisotopic (exact) mass is 226 g/mol. The summed E-state index contributed by atoms with van der Waals surface area (Å²) >= 11 is 0. The predicted molar refractivity (Wildman–Crippen MR) is 58.3 cm³/mol. The topological polar surface area (TPSA) is 78.3 Å². The first-order valence-corrected chi connectivity index (χ1v) is 4.89. The van der Waals surface area contributed by atoms with Crippen LogP contribution in [0.25, 0.3) is 0 Å². The fourth-order valence-electron chi connectivity index (χ4n) is 1.06. The molecule has 0 saturated carbocycles. The molecule has 1 aromatic rings. The smallest absolute Gasteiger partial charge is 0.237 e. The van der Waals surface area contributed by atoms with E-state index in [-0.39, 0.29) is 18.8 Å². The Bertz CT molecular complexity index is 380. The molecule has 0 spiro atoms. The molecule has 0 aliphatic rings. The summed E-state index contributed by atoms with van der Waals surface area (Å²) in [6.45, 7) is 1.65. The Balaban J connectivity index is 2.48. The van der Waals surface area contributed by atoms with Crippen LogP contribution in [-0.4, -0.2) is 18.1 Å². The molecule has 1 rings (SSSR count). The maximum atomic E-state index is 13.1. The number of primary amides is 1. The highest BCUT2D eigenvalue weighted by Crippen LogP contribution is 2.16. The van der Waals surface area contributed by atoms with Crippen LogP contribution in [0.1, 0.15) is 13.3 Å². The molecule has 0 aliphatic heterocycles. The van der Waals surface area contributed by atoms with E-state index in [1.54, 1.807) is 12.1 Å². The second-order valence-corrected chi connectivity index (χ2v) is 3.81. The summed E-state index contributed by atoms with van der Waals surface area (Å²) in [6.07, 6.45) is 0.233. The summed E-state index contributed by atoms with van der Waals surface area (Å²) in [6, 6.07) is 6.03. The molecule has 4 N–H and O–H groups in total. The van der Waals surface area contributed by atoms with Crippen LogP contribution in [0.2, 0.25) is 0 Å². The number of ether oxygens (including phenoxy) is 1. The first-order valence-electron chi connectivity index (χ1n) is 4.89. The van der Waals surface area contributed by atoms with Crippen LogP contribution in [0.4, 0.5) is 4.39 Å². The minimum absolute atomic E-state index is 0.136. The molecule has 0 aromatic heterocycles. The van der Waals surface area contributed by atoms with Gasteiger partial charge in [0.1, 0.15) is 0 Å². The molecule has 5 heteroatoms. The maximum Gasteiger partial charge on any atom is 0.237 e. The van der Waals surface area contributed by atoms with E-state index >= 15 is 0 Å². The third kappa shape index (κ3) is 3.20. The highest BCUT2D eigenvalue weighted by Gasteiger charge is 2.25. The van der Waals surface area contributed by atoms with Crippen molar-refractivity contribution in [1.29, 1.82) is 0 Å². The van der Waals surface area contributed by atoms with Crippen LogP contribution < -0.4 is 16.2 Å². The van der Waals surface area contributed by atoms with Crippen LogP contribution in [0.3, 0.4) is 0 Å². The fourth-order valence-corrected chi connectivity index (χ4v) is 1.06. The lowest BCUT2D eigenvalue weighted by atomic mass is 9.99. The lowest BCUT2D eigenvalue weighted by Gasteiger charge is -2.20. The van der Waals surface area contributed by atoms with E-state index in [0.29, 0.717) is 0 Å². The molecule has 0 bridgehead atoms. The second kappa shape index (κ2) is 4.94. The summed E-state index contributed by atoms with van der Waals surface area (Å²) in [7, 11) is 0. The molecule has 1 aromatic carbocycles. The number of rotatable bonds is 5. The van der Waals surface area contributed by atoms with Crippen molar-refractivity contribution in [3.63, 3.8) is 0 Å². The van der Waals surface area contributed by atoms with Crippen molar-refractivity contribution >= 4 is 5.91 Å². The molecular formula is C11H15FN2O2. The lowest BCUT2D eigenvalue weighted by molar-refractivity contribution is -0.123. The first-order chi connectivity index (χ1) is 7.43. The van der Waals surface area contributed by atoms with E-state index in [9.17, 15) is 9.18 Å². The van der Waals surface area contributed by atoms with Gasteiger partial charge in [0.05, 0.1) is 12.1 Å². The van der Waals surface area contributed by atoms with Crippen LogP contribution >= 0.6 is 0 Å². The number of hydrogen-bond acceptors (Lipinski definition) is 3. The van der Waals surface area contributed by atoms with Gasteiger partial charge in [0, 0.05) is 6.42 Å². The van der Waals surface area contributed by atoms with Crippen molar-refractivity contribution in [2.45, 2.75) is 18.9 Å². The van der Waals surface area contributed by atoms with E-state index in [1.807, 2.05) is 0 Å². The number of nitrogens with two attached hydrogens (primary N) is 2. The predicted octanol–water partition coefficient (Wildman–Crippen LogP) is 0.797. The zero-order chi connectivity index (χ0) is 12.2. The highest BCUT2D eigenvalue weighted by molar-refractivity contribution is 5.83. The van der Waals surface area contributed by atoms with Gasteiger partial charge in [-0.2, -0.15) is 0 Å². The standard InChI is InChI=1S/C11H15FN2O2/c1-11(14,10(13)15)6-7-16-9-5-3-2-4-8(9)12/h2-5H,6-7,14H2,1H3,(H2,13,15). The number of hydrogen-bond donors (Lipinski definition) is 2. The second-order valence-electron chi connectivity index (χ2n) is 3.81. The normalized spacial score (nSPS) is 14.2. The quantitative estimate of drug-likeness (QED) is 0.779. The van der Waals surface area contributed by atoms with Crippen molar-refractivity contribution in [2.24, 2.45) is 11.5 Å². The summed E-state index contributed by atoms with van der Waals surface area (Å²) in [5, 5.41) is 0. The molecule has 16 heavy (non-hydrogen) atoms. The molecule has 0 fully saturated rings. The summed E-state index contributed by atoms with van der Waals surface area (Å²) in [5.41, 5.74) is 9.57. The number of para-hydroxylation sites is 1. The van der Waals surface area contributed by atoms with Gasteiger partial charge in [0.2, 0.25) is 5.91 Å². The molecule has 4 nitrogen and oxygen atoms in total. The molecular weight excluding hydrogens is 211 g/mol. The van der Waals surface area contributed by atoms with E-state index < -0.39 is 17.3 Å². The Morgan fingerprint density at radius 2 is 2.12 bits per heavy atom. The van der Waals surface area contributed by atoms with Crippen LogP contribution in [0, 0.1) is 5.82 Å². The molecule has 1 unspecified atom stereocenters. The van der Waals surface area contributed by atoms with E-state index in [2.05, 4.69) is 0 Å². The van der Waals surface area contributed by atoms with E-state index in [4.69, 9.17) is 16.2 Å². The Hall–Kier alpha value is -1.62. The van der Waals surface area contributed by atoms with Gasteiger partial charge in [-0.05, 0) is 19.1 Å². The number of carbonyl (C=O) groups excluding carboxylic acids is 1. The van der Waals surface area contributed by atoms with Gasteiger partial charge in [-0.25, -0.2) is 4.39 Å². The Labute approximate surface area is 93.4 Å². The molecule has 88 valence electrons. The Morgan fingerprint density at radius 3 is 2.69 bits per heavy atom. The average molecular weight is 226 g/mol. The van der Waals surface area contributed by atoms with Crippen molar-refractivity contribution in [3.8, 4) is 5.75 Å². The van der Waals surface area contributed by atoms with Gasteiger partial charge in [-0.1, -0.05) is 12.1 Å². The van der Waals surface area contributed by atoms with Crippen molar-refractivity contribution in [3.05, 3.63) is 30.1 Å². The third-order valence-electron chi connectivity index (χ3n) is 2.28. The van der Waals surface area contributed by atoms with Crippen LogP contribution in [0.15, 0.2) is 24.3 Å². The third-order valence-corrected chi connectivity index (χ3v) is 2.28. The largest absolute Gasteiger partial charge is 0.490 e. The Morgan fingerprint density at radius 1 is 1.50 bits per heavy atom. The zero-order valence-corrected chi connectivity index (χ0v) is 9.07. The molecule has 1 atom stereocenters. The Kier molecular flexibility index (Phi) is 3.84. The van der Waals surface area contributed by atoms with Crippen molar-refractivity contribution < 1.29 is 13.9 Å². The van der Waals surface area contributed by atoms with E-state index in [0.717, 1.165) is 0 Å². The zero-order valence-electron chi connectivity index (χ0n) is 9.07. The number of amides is 1. The molecule has 1 amide bonds. The summed E-state index contributed by atoms with van der Waals surface area (Å²) < 4.78 is 18.3. The lowest BCUT2D eigenvalue weighted by Crippen LogP contribution is -2.50. The maximum absolute atomic E-state index is 13.1. The molecule has 0 radical (unpaired) electrons. The van der Waals surface area contributed by atoms with Gasteiger partial charge < -0.3 is 16.2 Å². The first kappa shape index (κ1) is 12.4. The van der Waals surface area contributed by atoms with Gasteiger partial charge in [0.25, 0.3) is 0 Å². The van der Waals surface area contributed by atoms with Crippen molar-refractivity contribution in [1.82, 2.24) is 0 Å². The fraction of sp³-hybridized carbons (Fsp3) is 0.364. The SMILES string of the molecule is CC(N)(CCOc1ccccc1F)C(N)=O. The summed E-state index contributed by atoms with van der Waals surface area (Å²) in [4.78, 5) is 10.9. The molecule has 0 saturated heterocycles.